The van der Waals surface area contributed by atoms with Crippen LogP contribution < -0.4 is 0 Å². The summed E-state index contributed by atoms with van der Waals surface area (Å²) >= 11 is 0. The minimum absolute atomic E-state index is 0.417. The summed E-state index contributed by atoms with van der Waals surface area (Å²) < 4.78 is 1.68. The molecule has 1 atom stereocenters. The van der Waals surface area contributed by atoms with Crippen molar-refractivity contribution in [3.8, 4) is 0 Å². The van der Waals surface area contributed by atoms with E-state index >= 15 is 0 Å². The van der Waals surface area contributed by atoms with Gasteiger partial charge in [-0.1, -0.05) is 30.3 Å². The molecule has 88 valence electrons. The fourth-order valence-corrected chi connectivity index (χ4v) is 1.81. The van der Waals surface area contributed by atoms with Crippen molar-refractivity contribution in [2.24, 2.45) is 7.05 Å². The van der Waals surface area contributed by atoms with Crippen molar-refractivity contribution in [3.05, 3.63) is 53.9 Å². The van der Waals surface area contributed by atoms with Gasteiger partial charge < -0.3 is 5.11 Å². The Labute approximate surface area is 99.5 Å². The zero-order chi connectivity index (χ0) is 12.3. The smallest absolute Gasteiger partial charge is 0.311 e. The Bertz CT molecular complexity index is 505. The van der Waals surface area contributed by atoms with Gasteiger partial charge in [0.1, 0.15) is 0 Å². The van der Waals surface area contributed by atoms with Crippen molar-refractivity contribution in [3.63, 3.8) is 0 Å². The molecule has 1 heterocycles. The van der Waals surface area contributed by atoms with Crippen LogP contribution in [0.4, 0.5) is 0 Å². The second-order valence-electron chi connectivity index (χ2n) is 3.99. The summed E-state index contributed by atoms with van der Waals surface area (Å²) in [6.45, 7) is 0. The number of hydrogen-bond acceptors (Lipinski definition) is 2. The van der Waals surface area contributed by atoms with Gasteiger partial charge in [-0.2, -0.15) is 5.10 Å². The molecule has 2 rings (SSSR count). The summed E-state index contributed by atoms with van der Waals surface area (Å²) in [4.78, 5) is 11.3. The van der Waals surface area contributed by atoms with E-state index < -0.39 is 11.9 Å². The van der Waals surface area contributed by atoms with E-state index in [-0.39, 0.29) is 0 Å². The lowest BCUT2D eigenvalue weighted by Gasteiger charge is -2.10. The first-order valence-electron chi connectivity index (χ1n) is 5.43. The first kappa shape index (κ1) is 11.4. The van der Waals surface area contributed by atoms with Gasteiger partial charge in [0.05, 0.1) is 11.6 Å². The molecule has 0 radical (unpaired) electrons. The lowest BCUT2D eigenvalue weighted by molar-refractivity contribution is -0.138. The maximum absolute atomic E-state index is 11.3. The van der Waals surface area contributed by atoms with E-state index in [1.54, 1.807) is 4.68 Å². The Kier molecular flexibility index (Phi) is 3.23. The Balaban J connectivity index is 2.22. The van der Waals surface area contributed by atoms with Gasteiger partial charge in [0.15, 0.2) is 0 Å². The molecule has 0 bridgehead atoms. The molecular formula is C13H14N2O2. The summed E-state index contributed by atoms with van der Waals surface area (Å²) in [5, 5.41) is 13.5. The van der Waals surface area contributed by atoms with Crippen LogP contribution in [0.25, 0.3) is 0 Å². The SMILES string of the molecule is Cn1ccc(CC(C(=O)O)c2ccccc2)n1. The van der Waals surface area contributed by atoms with Gasteiger partial charge in [-0.3, -0.25) is 9.48 Å². The van der Waals surface area contributed by atoms with Crippen LogP contribution >= 0.6 is 0 Å². The number of benzene rings is 1. The zero-order valence-electron chi connectivity index (χ0n) is 9.58. The van der Waals surface area contributed by atoms with Gasteiger partial charge in [-0.05, 0) is 11.6 Å². The fraction of sp³-hybridized carbons (Fsp3) is 0.231. The molecular weight excluding hydrogens is 216 g/mol. The first-order valence-corrected chi connectivity index (χ1v) is 5.43. The molecule has 1 aromatic heterocycles. The predicted molar refractivity (Wildman–Crippen MR) is 63.7 cm³/mol. The summed E-state index contributed by atoms with van der Waals surface area (Å²) in [5.41, 5.74) is 1.61. The predicted octanol–water partition coefficient (Wildman–Crippen LogP) is 1.83. The van der Waals surface area contributed by atoms with E-state index in [9.17, 15) is 9.90 Å². The van der Waals surface area contributed by atoms with Crippen LogP contribution in [0.15, 0.2) is 42.6 Å². The number of carbonyl (C=O) groups is 1. The number of aryl methyl sites for hydroxylation is 1. The van der Waals surface area contributed by atoms with Crippen LogP contribution in [0, 0.1) is 0 Å². The Hall–Kier alpha value is -2.10. The van der Waals surface area contributed by atoms with E-state index in [2.05, 4.69) is 5.10 Å². The summed E-state index contributed by atoms with van der Waals surface area (Å²) in [7, 11) is 1.82. The van der Waals surface area contributed by atoms with Crippen LogP contribution in [0.1, 0.15) is 17.2 Å². The molecule has 0 aliphatic rings. The van der Waals surface area contributed by atoms with E-state index in [1.807, 2.05) is 49.6 Å². The Morgan fingerprint density at radius 2 is 2.06 bits per heavy atom. The third-order valence-electron chi connectivity index (χ3n) is 2.68. The minimum Gasteiger partial charge on any atom is -0.481 e. The molecule has 1 N–H and O–H groups in total. The molecule has 4 nitrogen and oxygen atoms in total. The molecule has 2 aromatic rings. The van der Waals surface area contributed by atoms with Crippen LogP contribution in [0.2, 0.25) is 0 Å². The van der Waals surface area contributed by atoms with Crippen molar-refractivity contribution >= 4 is 5.97 Å². The number of aromatic nitrogens is 2. The first-order chi connectivity index (χ1) is 8.16. The van der Waals surface area contributed by atoms with Gasteiger partial charge in [0, 0.05) is 19.7 Å². The monoisotopic (exact) mass is 230 g/mol. The van der Waals surface area contributed by atoms with Gasteiger partial charge in [-0.15, -0.1) is 0 Å². The van der Waals surface area contributed by atoms with E-state index in [0.29, 0.717) is 6.42 Å². The standard InChI is InChI=1S/C13H14N2O2/c1-15-8-7-11(14-15)9-12(13(16)17)10-5-3-2-4-6-10/h2-8,12H,9H2,1H3,(H,16,17). The maximum Gasteiger partial charge on any atom is 0.311 e. The molecule has 0 amide bonds. The van der Waals surface area contributed by atoms with Crippen LogP contribution in [-0.2, 0) is 18.3 Å². The van der Waals surface area contributed by atoms with Crippen LogP contribution in [-0.4, -0.2) is 20.9 Å². The number of carboxylic acid groups (broad SMARTS) is 1. The van der Waals surface area contributed by atoms with Crippen molar-refractivity contribution in [2.45, 2.75) is 12.3 Å². The highest BCUT2D eigenvalue weighted by Gasteiger charge is 2.20. The average molecular weight is 230 g/mol. The van der Waals surface area contributed by atoms with Crippen LogP contribution in [0.5, 0.6) is 0 Å². The van der Waals surface area contributed by atoms with Crippen molar-refractivity contribution in [2.75, 3.05) is 0 Å². The minimum atomic E-state index is -0.818. The molecule has 1 aromatic carbocycles. The molecule has 0 aliphatic heterocycles. The zero-order valence-corrected chi connectivity index (χ0v) is 9.58. The van der Waals surface area contributed by atoms with Gasteiger partial charge in [0.2, 0.25) is 0 Å². The topological polar surface area (TPSA) is 55.1 Å². The normalized spacial score (nSPS) is 12.3. The lowest BCUT2D eigenvalue weighted by Crippen LogP contribution is -2.14. The molecule has 1 unspecified atom stereocenters. The second-order valence-corrected chi connectivity index (χ2v) is 3.99. The van der Waals surface area contributed by atoms with Crippen LogP contribution in [0.3, 0.4) is 0 Å². The Morgan fingerprint density at radius 1 is 1.35 bits per heavy atom. The van der Waals surface area contributed by atoms with Gasteiger partial charge >= 0.3 is 5.97 Å². The average Bonchev–Trinajstić information content (AvgIpc) is 2.73. The van der Waals surface area contributed by atoms with Gasteiger partial charge in [-0.25, -0.2) is 0 Å². The molecule has 0 spiro atoms. The molecule has 4 heteroatoms. The number of hydrogen-bond donors (Lipinski definition) is 1. The number of rotatable bonds is 4. The highest BCUT2D eigenvalue weighted by molar-refractivity contribution is 5.76. The van der Waals surface area contributed by atoms with Crippen molar-refractivity contribution < 1.29 is 9.90 Å². The van der Waals surface area contributed by atoms with E-state index in [0.717, 1.165) is 11.3 Å². The number of carboxylic acids is 1. The van der Waals surface area contributed by atoms with Gasteiger partial charge in [0.25, 0.3) is 0 Å². The second kappa shape index (κ2) is 4.82. The quantitative estimate of drug-likeness (QED) is 0.871. The highest BCUT2D eigenvalue weighted by Crippen LogP contribution is 2.20. The molecule has 17 heavy (non-hydrogen) atoms. The summed E-state index contributed by atoms with van der Waals surface area (Å²) in [6, 6.07) is 11.1. The molecule has 0 saturated carbocycles. The van der Waals surface area contributed by atoms with Crippen molar-refractivity contribution in [1.82, 2.24) is 9.78 Å². The summed E-state index contributed by atoms with van der Waals surface area (Å²) in [5.74, 6) is -1.35. The van der Waals surface area contributed by atoms with E-state index in [4.69, 9.17) is 0 Å². The molecule has 0 saturated heterocycles. The third-order valence-corrected chi connectivity index (χ3v) is 2.68. The van der Waals surface area contributed by atoms with Crippen molar-refractivity contribution in [1.29, 1.82) is 0 Å². The molecule has 0 fully saturated rings. The Morgan fingerprint density at radius 3 is 2.59 bits per heavy atom. The number of nitrogens with zero attached hydrogens (tertiary/aromatic N) is 2. The maximum atomic E-state index is 11.3. The molecule has 0 aliphatic carbocycles. The van der Waals surface area contributed by atoms with E-state index in [1.165, 1.54) is 0 Å². The number of aliphatic carboxylic acids is 1. The lowest BCUT2D eigenvalue weighted by atomic mass is 9.94. The summed E-state index contributed by atoms with van der Waals surface area (Å²) in [6.07, 6.45) is 2.24. The fourth-order valence-electron chi connectivity index (χ4n) is 1.81. The third kappa shape index (κ3) is 2.72. The highest BCUT2D eigenvalue weighted by atomic mass is 16.4. The largest absolute Gasteiger partial charge is 0.481 e.